The van der Waals surface area contributed by atoms with Gasteiger partial charge in [0, 0.05) is 11.8 Å². The SMILES string of the molecule is COc1ccc(-c2nc3ccc(F)cn3c2N)cc1Cl. The Morgan fingerprint density at radius 1 is 1.30 bits per heavy atom. The van der Waals surface area contributed by atoms with Crippen LogP contribution in [0.4, 0.5) is 10.2 Å². The average Bonchev–Trinajstić information content (AvgIpc) is 2.76. The van der Waals surface area contributed by atoms with E-state index < -0.39 is 0 Å². The second-order valence-corrected chi connectivity index (χ2v) is 4.68. The van der Waals surface area contributed by atoms with Crippen LogP contribution in [0.15, 0.2) is 36.5 Å². The predicted octanol–water partition coefficient (Wildman–Crippen LogP) is 3.38. The van der Waals surface area contributed by atoms with Crippen molar-refractivity contribution in [1.82, 2.24) is 9.38 Å². The van der Waals surface area contributed by atoms with E-state index in [4.69, 9.17) is 22.1 Å². The smallest absolute Gasteiger partial charge is 0.140 e. The van der Waals surface area contributed by atoms with Gasteiger partial charge in [-0.1, -0.05) is 11.6 Å². The highest BCUT2D eigenvalue weighted by Gasteiger charge is 2.13. The van der Waals surface area contributed by atoms with Gasteiger partial charge in [-0.05, 0) is 30.3 Å². The van der Waals surface area contributed by atoms with E-state index in [9.17, 15) is 4.39 Å². The lowest BCUT2D eigenvalue weighted by Crippen LogP contribution is -1.95. The number of hydrogen-bond donors (Lipinski definition) is 1. The topological polar surface area (TPSA) is 52.5 Å². The number of halogens is 2. The Labute approximate surface area is 119 Å². The van der Waals surface area contributed by atoms with Gasteiger partial charge >= 0.3 is 0 Å². The molecule has 0 saturated carbocycles. The maximum absolute atomic E-state index is 13.2. The number of nitrogens with two attached hydrogens (primary N) is 1. The third kappa shape index (κ3) is 1.96. The standard InChI is InChI=1S/C14H11ClFN3O/c1-20-11-4-2-8(6-10(11)15)13-14(17)19-7-9(16)3-5-12(19)18-13/h2-7H,17H2,1H3. The first-order valence-corrected chi connectivity index (χ1v) is 6.25. The van der Waals surface area contributed by atoms with Gasteiger partial charge in [0.25, 0.3) is 0 Å². The van der Waals surface area contributed by atoms with Gasteiger partial charge in [0.15, 0.2) is 0 Å². The zero-order valence-corrected chi connectivity index (χ0v) is 11.4. The van der Waals surface area contributed by atoms with E-state index in [1.165, 1.54) is 16.7 Å². The molecule has 3 aromatic rings. The lowest BCUT2D eigenvalue weighted by atomic mass is 10.1. The molecule has 6 heteroatoms. The van der Waals surface area contributed by atoms with Gasteiger partial charge in [-0.25, -0.2) is 9.37 Å². The zero-order valence-electron chi connectivity index (χ0n) is 10.6. The summed E-state index contributed by atoms with van der Waals surface area (Å²) in [4.78, 5) is 4.39. The molecule has 20 heavy (non-hydrogen) atoms. The molecule has 0 aliphatic rings. The van der Waals surface area contributed by atoms with Crippen LogP contribution in [0.2, 0.25) is 5.02 Å². The Balaban J connectivity index is 2.19. The molecule has 0 aliphatic carbocycles. The molecule has 0 spiro atoms. The lowest BCUT2D eigenvalue weighted by molar-refractivity contribution is 0.415. The van der Waals surface area contributed by atoms with Gasteiger partial charge in [0.05, 0.1) is 12.1 Å². The summed E-state index contributed by atoms with van der Waals surface area (Å²) in [5.41, 5.74) is 7.90. The molecule has 0 unspecified atom stereocenters. The first-order chi connectivity index (χ1) is 9.60. The summed E-state index contributed by atoms with van der Waals surface area (Å²) < 4.78 is 19.9. The molecule has 1 aromatic carbocycles. The van der Waals surface area contributed by atoms with Gasteiger partial charge in [0.1, 0.15) is 28.7 Å². The molecular weight excluding hydrogens is 281 g/mol. The summed E-state index contributed by atoms with van der Waals surface area (Å²) in [6.45, 7) is 0. The van der Waals surface area contributed by atoms with Crippen LogP contribution >= 0.6 is 11.6 Å². The third-order valence-corrected chi connectivity index (χ3v) is 3.34. The summed E-state index contributed by atoms with van der Waals surface area (Å²) in [5, 5.41) is 0.465. The number of nitrogens with zero attached hydrogens (tertiary/aromatic N) is 2. The van der Waals surface area contributed by atoms with E-state index in [0.717, 1.165) is 5.56 Å². The van der Waals surface area contributed by atoms with Gasteiger partial charge in [-0.3, -0.25) is 4.40 Å². The monoisotopic (exact) mass is 291 g/mol. The molecule has 102 valence electrons. The maximum atomic E-state index is 13.2. The highest BCUT2D eigenvalue weighted by Crippen LogP contribution is 2.32. The number of nitrogen functional groups attached to an aromatic ring is 1. The molecule has 0 radical (unpaired) electrons. The molecule has 0 bridgehead atoms. The zero-order chi connectivity index (χ0) is 14.3. The normalized spacial score (nSPS) is 10.9. The van der Waals surface area contributed by atoms with Crippen molar-refractivity contribution in [2.45, 2.75) is 0 Å². The Morgan fingerprint density at radius 3 is 2.80 bits per heavy atom. The van der Waals surface area contributed by atoms with Gasteiger partial charge in [-0.2, -0.15) is 0 Å². The second kappa shape index (κ2) is 4.68. The molecular formula is C14H11ClFN3O. The summed E-state index contributed by atoms with van der Waals surface area (Å²) in [7, 11) is 1.54. The number of pyridine rings is 1. The van der Waals surface area contributed by atoms with E-state index in [2.05, 4.69) is 4.98 Å². The van der Waals surface area contributed by atoms with Crippen LogP contribution in [-0.4, -0.2) is 16.5 Å². The fourth-order valence-corrected chi connectivity index (χ4v) is 2.32. The van der Waals surface area contributed by atoms with E-state index >= 15 is 0 Å². The van der Waals surface area contributed by atoms with Crippen molar-refractivity contribution in [3.8, 4) is 17.0 Å². The van der Waals surface area contributed by atoms with Crippen LogP contribution in [0.5, 0.6) is 5.75 Å². The Kier molecular flexibility index (Phi) is 2.99. The number of hydrogen-bond acceptors (Lipinski definition) is 3. The number of rotatable bonds is 2. The van der Waals surface area contributed by atoms with Gasteiger partial charge in [-0.15, -0.1) is 0 Å². The first-order valence-electron chi connectivity index (χ1n) is 5.87. The minimum absolute atomic E-state index is 0.362. The van der Waals surface area contributed by atoms with Crippen molar-refractivity contribution in [2.75, 3.05) is 12.8 Å². The van der Waals surface area contributed by atoms with Crippen molar-refractivity contribution < 1.29 is 9.13 Å². The van der Waals surface area contributed by atoms with Crippen LogP contribution < -0.4 is 10.5 Å². The van der Waals surface area contributed by atoms with Gasteiger partial charge in [0.2, 0.25) is 0 Å². The van der Waals surface area contributed by atoms with Crippen LogP contribution in [0.1, 0.15) is 0 Å². The van der Waals surface area contributed by atoms with Crippen molar-refractivity contribution in [2.24, 2.45) is 0 Å². The van der Waals surface area contributed by atoms with Crippen LogP contribution in [0, 0.1) is 5.82 Å². The highest BCUT2D eigenvalue weighted by atomic mass is 35.5. The number of aromatic nitrogens is 2. The Bertz CT molecular complexity index is 800. The summed E-state index contributed by atoms with van der Waals surface area (Å²) >= 11 is 6.10. The number of benzene rings is 1. The fourth-order valence-electron chi connectivity index (χ4n) is 2.06. The van der Waals surface area contributed by atoms with E-state index in [0.29, 0.717) is 27.9 Å². The van der Waals surface area contributed by atoms with Gasteiger partial charge < -0.3 is 10.5 Å². The molecule has 0 amide bonds. The van der Waals surface area contributed by atoms with E-state index in [-0.39, 0.29) is 5.82 Å². The second-order valence-electron chi connectivity index (χ2n) is 4.27. The quantitative estimate of drug-likeness (QED) is 0.787. The minimum atomic E-state index is -0.374. The Hall–Kier alpha value is -2.27. The number of anilines is 1. The lowest BCUT2D eigenvalue weighted by Gasteiger charge is -2.05. The summed E-state index contributed by atoms with van der Waals surface area (Å²) in [6, 6.07) is 8.17. The minimum Gasteiger partial charge on any atom is -0.495 e. The molecule has 3 rings (SSSR count). The Morgan fingerprint density at radius 2 is 2.10 bits per heavy atom. The third-order valence-electron chi connectivity index (χ3n) is 3.04. The molecule has 0 atom stereocenters. The largest absolute Gasteiger partial charge is 0.495 e. The molecule has 2 heterocycles. The van der Waals surface area contributed by atoms with Crippen LogP contribution in [-0.2, 0) is 0 Å². The molecule has 2 N–H and O–H groups in total. The highest BCUT2D eigenvalue weighted by molar-refractivity contribution is 6.32. The van der Waals surface area contributed by atoms with Crippen molar-refractivity contribution in [1.29, 1.82) is 0 Å². The van der Waals surface area contributed by atoms with Crippen molar-refractivity contribution in [3.63, 3.8) is 0 Å². The molecule has 0 fully saturated rings. The fraction of sp³-hybridized carbons (Fsp3) is 0.0714. The van der Waals surface area contributed by atoms with Crippen LogP contribution in [0.3, 0.4) is 0 Å². The van der Waals surface area contributed by atoms with Crippen molar-refractivity contribution in [3.05, 3.63) is 47.4 Å². The maximum Gasteiger partial charge on any atom is 0.140 e. The summed E-state index contributed by atoms with van der Waals surface area (Å²) in [5.74, 6) is 0.561. The molecule has 0 aliphatic heterocycles. The molecule has 2 aromatic heterocycles. The van der Waals surface area contributed by atoms with Crippen molar-refractivity contribution >= 4 is 23.1 Å². The summed E-state index contributed by atoms with van der Waals surface area (Å²) in [6.07, 6.45) is 1.30. The van der Waals surface area contributed by atoms with E-state index in [1.807, 2.05) is 0 Å². The van der Waals surface area contributed by atoms with Crippen LogP contribution in [0.25, 0.3) is 16.9 Å². The average molecular weight is 292 g/mol. The molecule has 0 saturated heterocycles. The molecule has 4 nitrogen and oxygen atoms in total. The van der Waals surface area contributed by atoms with E-state index in [1.54, 1.807) is 31.4 Å². The predicted molar refractivity (Wildman–Crippen MR) is 76.6 cm³/mol. The number of methoxy groups -OCH3 is 1. The number of ether oxygens (including phenoxy) is 1. The number of fused-ring (bicyclic) bond motifs is 1. The first kappa shape index (κ1) is 12.7. The number of imidazole rings is 1.